The average Bonchev–Trinajstić information content (AvgIpc) is 3.09. The van der Waals surface area contributed by atoms with E-state index in [0.717, 1.165) is 35.2 Å². The zero-order valence-electron chi connectivity index (χ0n) is 17.5. The number of hydrogen-bond donors (Lipinski definition) is 1. The number of rotatable bonds is 5. The summed E-state index contributed by atoms with van der Waals surface area (Å²) in [7, 11) is 0. The maximum absolute atomic E-state index is 13.0. The van der Waals surface area contributed by atoms with Crippen molar-refractivity contribution < 1.29 is 37.5 Å². The third kappa shape index (κ3) is 4.67. The molecule has 1 amide bonds. The fourth-order valence-electron chi connectivity index (χ4n) is 3.69. The predicted molar refractivity (Wildman–Crippen MR) is 115 cm³/mol. The van der Waals surface area contributed by atoms with Crippen LogP contribution in [0.2, 0.25) is 0 Å². The summed E-state index contributed by atoms with van der Waals surface area (Å²) in [6, 6.07) is 11.0. The SMILES string of the molecule is O=C1C(=O)N(c2ccc(OC(F)(F)F)cc2)C(c2ccncc2)/C1=C(/O)c1cccc([N+](=O)[O-])c1. The summed E-state index contributed by atoms with van der Waals surface area (Å²) in [4.78, 5) is 41.4. The first-order valence-corrected chi connectivity index (χ1v) is 9.88. The van der Waals surface area contributed by atoms with Gasteiger partial charge in [-0.3, -0.25) is 29.6 Å². The molecule has 4 rings (SSSR count). The van der Waals surface area contributed by atoms with Gasteiger partial charge in [0.1, 0.15) is 11.5 Å². The number of ether oxygens (including phenoxy) is 1. The Hall–Kier alpha value is -4.74. The van der Waals surface area contributed by atoms with Gasteiger partial charge in [-0.25, -0.2) is 0 Å². The van der Waals surface area contributed by atoms with Gasteiger partial charge in [0.2, 0.25) is 0 Å². The number of anilines is 1. The molecule has 1 aliphatic heterocycles. The van der Waals surface area contributed by atoms with E-state index in [-0.39, 0.29) is 22.5 Å². The number of amides is 1. The van der Waals surface area contributed by atoms with Crippen molar-refractivity contribution >= 4 is 28.8 Å². The lowest BCUT2D eigenvalue weighted by molar-refractivity contribution is -0.384. The quantitative estimate of drug-likeness (QED) is 0.185. The van der Waals surface area contributed by atoms with Crippen molar-refractivity contribution in [3.8, 4) is 5.75 Å². The number of carbonyl (C=O) groups excluding carboxylic acids is 2. The summed E-state index contributed by atoms with van der Waals surface area (Å²) in [5.41, 5.74) is -0.338. The Balaban J connectivity index is 1.85. The van der Waals surface area contributed by atoms with Crippen molar-refractivity contribution in [1.82, 2.24) is 4.98 Å². The van der Waals surface area contributed by atoms with Crippen molar-refractivity contribution in [2.75, 3.05) is 4.90 Å². The molecule has 1 aromatic heterocycles. The third-order valence-corrected chi connectivity index (χ3v) is 5.15. The highest BCUT2D eigenvalue weighted by Crippen LogP contribution is 2.42. The molecule has 1 atom stereocenters. The number of ketones is 1. The zero-order valence-corrected chi connectivity index (χ0v) is 17.5. The van der Waals surface area contributed by atoms with Crippen LogP contribution in [0.1, 0.15) is 17.2 Å². The van der Waals surface area contributed by atoms with Crippen LogP contribution < -0.4 is 9.64 Å². The molecule has 0 aliphatic carbocycles. The highest BCUT2D eigenvalue weighted by Gasteiger charge is 2.47. The van der Waals surface area contributed by atoms with Crippen LogP contribution in [0, 0.1) is 10.1 Å². The molecule has 12 heteroatoms. The zero-order chi connectivity index (χ0) is 25.3. The van der Waals surface area contributed by atoms with E-state index >= 15 is 0 Å². The number of hydrogen-bond acceptors (Lipinski definition) is 7. The molecule has 1 fully saturated rings. The smallest absolute Gasteiger partial charge is 0.507 e. The molecule has 0 spiro atoms. The minimum absolute atomic E-state index is 0.0570. The van der Waals surface area contributed by atoms with Crippen molar-refractivity contribution in [2.24, 2.45) is 0 Å². The summed E-state index contributed by atoms with van der Waals surface area (Å²) in [5, 5.41) is 22.1. The Kier molecular flexibility index (Phi) is 5.95. The van der Waals surface area contributed by atoms with E-state index < -0.39 is 40.5 Å². The van der Waals surface area contributed by atoms with Crippen LogP contribution in [0.15, 0.2) is 78.6 Å². The van der Waals surface area contributed by atoms with Gasteiger partial charge in [0.25, 0.3) is 17.4 Å². The molecular formula is C23H14F3N3O6. The summed E-state index contributed by atoms with van der Waals surface area (Å²) in [6.07, 6.45) is -2.13. The number of aliphatic hydroxyl groups is 1. The predicted octanol–water partition coefficient (Wildman–Crippen LogP) is 4.51. The monoisotopic (exact) mass is 485 g/mol. The number of Topliss-reactive ketones (excluding diaryl/α,β-unsaturated/α-hetero) is 1. The van der Waals surface area contributed by atoms with Crippen LogP contribution in [0.5, 0.6) is 5.75 Å². The lowest BCUT2D eigenvalue weighted by Crippen LogP contribution is -2.29. The fourth-order valence-corrected chi connectivity index (χ4v) is 3.69. The van der Waals surface area contributed by atoms with Crippen molar-refractivity contribution in [3.05, 3.63) is 99.9 Å². The van der Waals surface area contributed by atoms with E-state index in [0.29, 0.717) is 5.56 Å². The molecule has 0 radical (unpaired) electrons. The number of benzene rings is 2. The number of aliphatic hydroxyl groups excluding tert-OH is 1. The molecule has 1 unspecified atom stereocenters. The molecule has 35 heavy (non-hydrogen) atoms. The number of aromatic nitrogens is 1. The molecule has 1 N–H and O–H groups in total. The first-order chi connectivity index (χ1) is 16.6. The number of nitrogens with zero attached hydrogens (tertiary/aromatic N) is 3. The van der Waals surface area contributed by atoms with Gasteiger partial charge in [-0.2, -0.15) is 0 Å². The highest BCUT2D eigenvalue weighted by molar-refractivity contribution is 6.51. The van der Waals surface area contributed by atoms with Crippen LogP contribution in [-0.4, -0.2) is 33.1 Å². The first kappa shape index (κ1) is 23.4. The third-order valence-electron chi connectivity index (χ3n) is 5.15. The minimum atomic E-state index is -4.92. The number of nitro groups is 1. The number of pyridine rings is 1. The Bertz CT molecular complexity index is 1340. The first-order valence-electron chi connectivity index (χ1n) is 9.88. The lowest BCUT2D eigenvalue weighted by Gasteiger charge is -2.25. The van der Waals surface area contributed by atoms with E-state index in [1.165, 1.54) is 42.7 Å². The maximum atomic E-state index is 13.0. The van der Waals surface area contributed by atoms with Gasteiger partial charge in [0, 0.05) is 35.8 Å². The molecule has 0 bridgehead atoms. The van der Waals surface area contributed by atoms with Crippen LogP contribution in [0.25, 0.3) is 5.76 Å². The second kappa shape index (κ2) is 8.89. The van der Waals surface area contributed by atoms with E-state index in [1.807, 2.05) is 0 Å². The van der Waals surface area contributed by atoms with Gasteiger partial charge >= 0.3 is 6.36 Å². The molecule has 1 aliphatic rings. The van der Waals surface area contributed by atoms with Gasteiger partial charge < -0.3 is 9.84 Å². The Morgan fingerprint density at radius 1 is 1.06 bits per heavy atom. The number of non-ortho nitro benzene ring substituents is 1. The fraction of sp³-hybridized carbons (Fsp3) is 0.0870. The molecule has 0 saturated carbocycles. The molecule has 9 nitrogen and oxygen atoms in total. The summed E-state index contributed by atoms with van der Waals surface area (Å²) >= 11 is 0. The van der Waals surface area contributed by atoms with Crippen LogP contribution in [-0.2, 0) is 9.59 Å². The number of halogens is 3. The van der Waals surface area contributed by atoms with E-state index in [1.54, 1.807) is 0 Å². The maximum Gasteiger partial charge on any atom is 0.573 e. The molecule has 178 valence electrons. The molecule has 1 saturated heterocycles. The number of alkyl halides is 3. The van der Waals surface area contributed by atoms with Crippen LogP contribution in [0.3, 0.4) is 0 Å². The van der Waals surface area contributed by atoms with Crippen molar-refractivity contribution in [3.63, 3.8) is 0 Å². The second-order valence-electron chi connectivity index (χ2n) is 7.30. The van der Waals surface area contributed by atoms with E-state index in [2.05, 4.69) is 9.72 Å². The minimum Gasteiger partial charge on any atom is -0.507 e. The largest absolute Gasteiger partial charge is 0.573 e. The molecule has 2 aromatic carbocycles. The Morgan fingerprint density at radius 2 is 1.71 bits per heavy atom. The number of nitro benzene ring substituents is 1. The normalized spacial score (nSPS) is 17.5. The Labute approximate surface area is 194 Å². The summed E-state index contributed by atoms with van der Waals surface area (Å²) < 4.78 is 41.4. The van der Waals surface area contributed by atoms with Gasteiger partial charge in [0.15, 0.2) is 0 Å². The Morgan fingerprint density at radius 3 is 2.31 bits per heavy atom. The second-order valence-corrected chi connectivity index (χ2v) is 7.30. The average molecular weight is 485 g/mol. The van der Waals surface area contributed by atoms with Crippen molar-refractivity contribution in [1.29, 1.82) is 0 Å². The molecule has 2 heterocycles. The number of carbonyl (C=O) groups is 2. The van der Waals surface area contributed by atoms with E-state index in [4.69, 9.17) is 0 Å². The van der Waals surface area contributed by atoms with Gasteiger partial charge in [-0.1, -0.05) is 12.1 Å². The summed E-state index contributed by atoms with van der Waals surface area (Å²) in [5.74, 6) is -3.31. The van der Waals surface area contributed by atoms with Gasteiger partial charge in [-0.15, -0.1) is 13.2 Å². The van der Waals surface area contributed by atoms with Crippen LogP contribution in [0.4, 0.5) is 24.5 Å². The van der Waals surface area contributed by atoms with Gasteiger partial charge in [0.05, 0.1) is 16.5 Å². The topological polar surface area (TPSA) is 123 Å². The van der Waals surface area contributed by atoms with Gasteiger partial charge in [-0.05, 0) is 42.0 Å². The molecular weight excluding hydrogens is 471 g/mol. The summed E-state index contributed by atoms with van der Waals surface area (Å²) in [6.45, 7) is 0. The highest BCUT2D eigenvalue weighted by atomic mass is 19.4. The molecule has 3 aromatic rings. The van der Waals surface area contributed by atoms with Crippen molar-refractivity contribution in [2.45, 2.75) is 12.4 Å². The van der Waals surface area contributed by atoms with E-state index in [9.17, 15) is 38.0 Å². The van der Waals surface area contributed by atoms with Crippen LogP contribution >= 0.6 is 0 Å². The lowest BCUT2D eigenvalue weighted by atomic mass is 9.95. The standard InChI is InChI=1S/C23H14F3N3O6/c24-23(25,26)35-17-6-4-15(5-7-17)28-19(13-8-10-27-11-9-13)18(21(31)22(28)32)20(30)14-2-1-3-16(12-14)29(33)34/h1-12,19,30H/b20-18-.